The molecule has 0 unspecified atom stereocenters. The zero-order valence-corrected chi connectivity index (χ0v) is 10.3. The quantitative estimate of drug-likeness (QED) is 0.807. The van der Waals surface area contributed by atoms with Gasteiger partial charge in [0.1, 0.15) is 0 Å². The number of hydrogen-bond donors (Lipinski definition) is 2. The molecular formula is C14H20N2. The van der Waals surface area contributed by atoms with Crippen molar-refractivity contribution >= 4 is 10.9 Å². The van der Waals surface area contributed by atoms with E-state index in [0.29, 0.717) is 0 Å². The van der Waals surface area contributed by atoms with Crippen LogP contribution in [0, 0.1) is 0 Å². The molecule has 2 rings (SSSR count). The van der Waals surface area contributed by atoms with Crippen LogP contribution in [0.5, 0.6) is 0 Å². The number of para-hydroxylation sites is 1. The van der Waals surface area contributed by atoms with Crippen LogP contribution in [-0.2, 0) is 5.41 Å². The Labute approximate surface area is 97.1 Å². The molecule has 0 aliphatic carbocycles. The fraction of sp³-hybridized carbons (Fsp3) is 0.429. The molecule has 0 atom stereocenters. The molecule has 0 aliphatic heterocycles. The topological polar surface area (TPSA) is 27.8 Å². The van der Waals surface area contributed by atoms with E-state index < -0.39 is 0 Å². The predicted molar refractivity (Wildman–Crippen MR) is 69.9 cm³/mol. The Bertz CT molecular complexity index is 468. The van der Waals surface area contributed by atoms with Gasteiger partial charge in [0.25, 0.3) is 0 Å². The Kier molecular flexibility index (Phi) is 3.01. The summed E-state index contributed by atoms with van der Waals surface area (Å²) in [6, 6.07) is 8.51. The molecule has 0 bridgehead atoms. The van der Waals surface area contributed by atoms with E-state index in [1.165, 1.54) is 16.5 Å². The van der Waals surface area contributed by atoms with Crippen molar-refractivity contribution in [2.75, 3.05) is 13.6 Å². The van der Waals surface area contributed by atoms with E-state index in [4.69, 9.17) is 0 Å². The van der Waals surface area contributed by atoms with Gasteiger partial charge in [-0.25, -0.2) is 0 Å². The molecule has 2 N–H and O–H groups in total. The largest absolute Gasteiger partial charge is 0.361 e. The van der Waals surface area contributed by atoms with Gasteiger partial charge in [0.2, 0.25) is 0 Å². The van der Waals surface area contributed by atoms with E-state index in [9.17, 15) is 0 Å². The first kappa shape index (κ1) is 11.2. The fourth-order valence-electron chi connectivity index (χ4n) is 2.20. The number of aromatic nitrogens is 1. The molecule has 1 aromatic carbocycles. The van der Waals surface area contributed by atoms with Crippen molar-refractivity contribution in [3.8, 4) is 0 Å². The van der Waals surface area contributed by atoms with E-state index >= 15 is 0 Å². The number of rotatable bonds is 4. The first-order valence-corrected chi connectivity index (χ1v) is 5.86. The van der Waals surface area contributed by atoms with Crippen molar-refractivity contribution < 1.29 is 0 Å². The van der Waals surface area contributed by atoms with Crippen LogP contribution >= 0.6 is 0 Å². The fourth-order valence-corrected chi connectivity index (χ4v) is 2.20. The van der Waals surface area contributed by atoms with E-state index in [-0.39, 0.29) is 5.41 Å². The number of H-pyrrole nitrogens is 1. The molecule has 0 fully saturated rings. The smallest absolute Gasteiger partial charge is 0.0457 e. The van der Waals surface area contributed by atoms with Crippen LogP contribution in [-0.4, -0.2) is 18.6 Å². The van der Waals surface area contributed by atoms with Gasteiger partial charge in [-0.15, -0.1) is 0 Å². The maximum atomic E-state index is 3.35. The molecule has 2 nitrogen and oxygen atoms in total. The molecule has 0 saturated carbocycles. The molecule has 16 heavy (non-hydrogen) atoms. The lowest BCUT2D eigenvalue weighted by Gasteiger charge is -2.24. The van der Waals surface area contributed by atoms with Gasteiger partial charge in [-0.1, -0.05) is 32.0 Å². The lowest BCUT2D eigenvalue weighted by molar-refractivity contribution is 0.472. The zero-order chi connectivity index (χ0) is 11.6. The standard InChI is InChI=1S/C14H20N2/c1-14(2,8-9-15-3)12-10-16-13-7-5-4-6-11(12)13/h4-7,10,15-16H,8-9H2,1-3H3. The highest BCUT2D eigenvalue weighted by Gasteiger charge is 2.22. The third-order valence-electron chi connectivity index (χ3n) is 3.32. The Morgan fingerprint density at radius 1 is 1.25 bits per heavy atom. The van der Waals surface area contributed by atoms with Crippen LogP contribution < -0.4 is 5.32 Å². The van der Waals surface area contributed by atoms with Crippen LogP contribution in [0.15, 0.2) is 30.5 Å². The first-order chi connectivity index (χ1) is 7.65. The summed E-state index contributed by atoms with van der Waals surface area (Å²) in [6.45, 7) is 5.66. The number of fused-ring (bicyclic) bond motifs is 1. The Morgan fingerprint density at radius 3 is 2.75 bits per heavy atom. The molecule has 0 amide bonds. The maximum Gasteiger partial charge on any atom is 0.0457 e. The third kappa shape index (κ3) is 1.98. The van der Waals surface area contributed by atoms with Crippen molar-refractivity contribution in [1.29, 1.82) is 0 Å². The van der Waals surface area contributed by atoms with E-state index in [0.717, 1.165) is 13.0 Å². The SMILES string of the molecule is CNCCC(C)(C)c1c[nH]c2ccccc12. The molecule has 86 valence electrons. The van der Waals surface area contributed by atoms with Crippen molar-refractivity contribution in [3.63, 3.8) is 0 Å². The van der Waals surface area contributed by atoms with Gasteiger partial charge in [-0.05, 0) is 37.1 Å². The van der Waals surface area contributed by atoms with Gasteiger partial charge in [-0.3, -0.25) is 0 Å². The van der Waals surface area contributed by atoms with Crippen molar-refractivity contribution in [2.24, 2.45) is 0 Å². The Hall–Kier alpha value is -1.28. The number of nitrogens with one attached hydrogen (secondary N) is 2. The van der Waals surface area contributed by atoms with E-state index in [2.05, 4.69) is 54.6 Å². The second-order valence-corrected chi connectivity index (χ2v) is 4.99. The molecular weight excluding hydrogens is 196 g/mol. The molecule has 2 heteroatoms. The molecule has 0 spiro atoms. The van der Waals surface area contributed by atoms with Crippen LogP contribution in [0.1, 0.15) is 25.8 Å². The van der Waals surface area contributed by atoms with Crippen molar-refractivity contribution in [3.05, 3.63) is 36.0 Å². The minimum absolute atomic E-state index is 0.211. The summed E-state index contributed by atoms with van der Waals surface area (Å²) in [6.07, 6.45) is 3.30. The highest BCUT2D eigenvalue weighted by molar-refractivity contribution is 5.84. The highest BCUT2D eigenvalue weighted by Crippen LogP contribution is 2.32. The number of benzene rings is 1. The number of aromatic amines is 1. The normalized spacial score (nSPS) is 12.2. The van der Waals surface area contributed by atoms with Crippen molar-refractivity contribution in [1.82, 2.24) is 10.3 Å². The molecule has 1 heterocycles. The Balaban J connectivity index is 2.38. The second-order valence-electron chi connectivity index (χ2n) is 4.99. The van der Waals surface area contributed by atoms with Crippen LogP contribution in [0.2, 0.25) is 0 Å². The third-order valence-corrected chi connectivity index (χ3v) is 3.32. The summed E-state index contributed by atoms with van der Waals surface area (Å²) < 4.78 is 0. The average molecular weight is 216 g/mol. The summed E-state index contributed by atoms with van der Waals surface area (Å²) >= 11 is 0. The monoisotopic (exact) mass is 216 g/mol. The van der Waals surface area contributed by atoms with Gasteiger partial charge in [-0.2, -0.15) is 0 Å². The number of hydrogen-bond acceptors (Lipinski definition) is 1. The molecule has 0 radical (unpaired) electrons. The summed E-state index contributed by atoms with van der Waals surface area (Å²) in [5, 5.41) is 4.57. The van der Waals surface area contributed by atoms with Gasteiger partial charge >= 0.3 is 0 Å². The lowest BCUT2D eigenvalue weighted by atomic mass is 9.81. The van der Waals surface area contributed by atoms with Gasteiger partial charge in [0.05, 0.1) is 0 Å². The molecule has 0 saturated heterocycles. The van der Waals surface area contributed by atoms with Crippen molar-refractivity contribution in [2.45, 2.75) is 25.7 Å². The average Bonchev–Trinajstić information content (AvgIpc) is 2.71. The summed E-state index contributed by atoms with van der Waals surface area (Å²) in [5.74, 6) is 0. The maximum absolute atomic E-state index is 3.35. The second kappa shape index (κ2) is 4.30. The van der Waals surface area contributed by atoms with Gasteiger partial charge in [0, 0.05) is 17.1 Å². The minimum atomic E-state index is 0.211. The lowest BCUT2D eigenvalue weighted by Crippen LogP contribution is -2.23. The van der Waals surface area contributed by atoms with Crippen LogP contribution in [0.3, 0.4) is 0 Å². The van der Waals surface area contributed by atoms with Gasteiger partial charge in [0.15, 0.2) is 0 Å². The van der Waals surface area contributed by atoms with Crippen LogP contribution in [0.4, 0.5) is 0 Å². The molecule has 1 aromatic heterocycles. The predicted octanol–water partition coefficient (Wildman–Crippen LogP) is 3.06. The first-order valence-electron chi connectivity index (χ1n) is 5.86. The summed E-state index contributed by atoms with van der Waals surface area (Å²) in [5.41, 5.74) is 2.86. The van der Waals surface area contributed by atoms with E-state index in [1.54, 1.807) is 0 Å². The summed E-state index contributed by atoms with van der Waals surface area (Å²) in [4.78, 5) is 3.35. The summed E-state index contributed by atoms with van der Waals surface area (Å²) in [7, 11) is 2.01. The van der Waals surface area contributed by atoms with Crippen LogP contribution in [0.25, 0.3) is 10.9 Å². The zero-order valence-electron chi connectivity index (χ0n) is 10.3. The minimum Gasteiger partial charge on any atom is -0.361 e. The Morgan fingerprint density at radius 2 is 2.00 bits per heavy atom. The molecule has 2 aromatic rings. The van der Waals surface area contributed by atoms with Gasteiger partial charge < -0.3 is 10.3 Å². The van der Waals surface area contributed by atoms with E-state index in [1.807, 2.05) is 7.05 Å². The highest BCUT2D eigenvalue weighted by atomic mass is 14.8. The molecule has 0 aliphatic rings.